The average molecular weight is 531 g/mol. The van der Waals surface area contributed by atoms with Crippen LogP contribution in [0.25, 0.3) is 0 Å². The van der Waals surface area contributed by atoms with E-state index in [1.807, 2.05) is 19.9 Å². The number of likely N-dealkylation sites (tertiary alicyclic amines) is 1. The summed E-state index contributed by atoms with van der Waals surface area (Å²) < 4.78 is 5.15. The summed E-state index contributed by atoms with van der Waals surface area (Å²) in [6, 6.07) is 5.43. The number of likely N-dealkylation sites (N-methyl/N-ethyl adjacent to an activating group) is 1. The van der Waals surface area contributed by atoms with Crippen LogP contribution < -0.4 is 5.32 Å². The van der Waals surface area contributed by atoms with Crippen LogP contribution >= 0.6 is 11.6 Å². The highest BCUT2D eigenvalue weighted by molar-refractivity contribution is 6.31. The molecule has 200 valence electrons. The first-order valence-corrected chi connectivity index (χ1v) is 13.3. The van der Waals surface area contributed by atoms with Crippen molar-refractivity contribution in [3.63, 3.8) is 0 Å². The van der Waals surface area contributed by atoms with Gasteiger partial charge in [0.05, 0.1) is 36.4 Å². The van der Waals surface area contributed by atoms with Gasteiger partial charge in [-0.2, -0.15) is 0 Å². The number of halogens is 1. The number of rotatable bonds is 7. The number of nitrogens with one attached hydrogen (secondary N) is 1. The zero-order chi connectivity index (χ0) is 26.9. The van der Waals surface area contributed by atoms with E-state index in [2.05, 4.69) is 5.32 Å². The molecule has 10 heteroatoms. The van der Waals surface area contributed by atoms with Crippen molar-refractivity contribution in [1.82, 2.24) is 20.0 Å². The largest absolute Gasteiger partial charge is 0.466 e. The SMILES string of the molecule is CCOC(=O)C1CCN(C(=O)[C@@H](CC(C)C)N2CC3=C(C2=O)[C@@H](c2ccccc2Cl)NC(=O)N3C)CC1. The molecule has 1 aromatic rings. The summed E-state index contributed by atoms with van der Waals surface area (Å²) in [7, 11) is 1.63. The van der Waals surface area contributed by atoms with E-state index in [1.165, 1.54) is 4.90 Å². The van der Waals surface area contributed by atoms with Gasteiger partial charge in [-0.1, -0.05) is 43.6 Å². The molecule has 9 nitrogen and oxygen atoms in total. The van der Waals surface area contributed by atoms with E-state index < -0.39 is 12.1 Å². The van der Waals surface area contributed by atoms with Crippen molar-refractivity contribution in [1.29, 1.82) is 0 Å². The van der Waals surface area contributed by atoms with Crippen molar-refractivity contribution in [2.24, 2.45) is 11.8 Å². The molecule has 3 aliphatic rings. The first-order chi connectivity index (χ1) is 17.6. The van der Waals surface area contributed by atoms with Crippen LogP contribution in [0.2, 0.25) is 5.02 Å². The Balaban J connectivity index is 1.58. The maximum atomic E-state index is 13.9. The molecule has 0 unspecified atom stereocenters. The molecule has 1 saturated heterocycles. The summed E-state index contributed by atoms with van der Waals surface area (Å²) in [5.74, 6) is -0.663. The smallest absolute Gasteiger partial charge is 0.322 e. The molecule has 4 rings (SSSR count). The summed E-state index contributed by atoms with van der Waals surface area (Å²) in [6.07, 6.45) is 1.57. The normalized spacial score (nSPS) is 21.4. The lowest BCUT2D eigenvalue weighted by Gasteiger charge is -2.37. The second-order valence-corrected chi connectivity index (χ2v) is 10.7. The fraction of sp³-hybridized carbons (Fsp3) is 0.556. The van der Waals surface area contributed by atoms with Gasteiger partial charge < -0.3 is 19.9 Å². The summed E-state index contributed by atoms with van der Waals surface area (Å²) in [5.41, 5.74) is 1.67. The first kappa shape index (κ1) is 27.0. The lowest BCUT2D eigenvalue weighted by Crippen LogP contribution is -2.52. The number of carbonyl (C=O) groups is 4. The molecular weight excluding hydrogens is 496 g/mol. The summed E-state index contributed by atoms with van der Waals surface area (Å²) in [4.78, 5) is 57.5. The number of esters is 1. The zero-order valence-corrected chi connectivity index (χ0v) is 22.6. The minimum atomic E-state index is -0.694. The van der Waals surface area contributed by atoms with Crippen molar-refractivity contribution in [3.8, 4) is 0 Å². The van der Waals surface area contributed by atoms with E-state index in [0.29, 0.717) is 60.8 Å². The predicted molar refractivity (Wildman–Crippen MR) is 138 cm³/mol. The van der Waals surface area contributed by atoms with Crippen molar-refractivity contribution in [3.05, 3.63) is 46.1 Å². The third-order valence-electron chi connectivity index (χ3n) is 7.39. The molecule has 0 radical (unpaired) electrons. The Labute approximate surface area is 222 Å². The Morgan fingerprint density at radius 2 is 1.84 bits per heavy atom. The molecular formula is C27H35ClN4O5. The van der Waals surface area contributed by atoms with E-state index in [-0.39, 0.29) is 42.2 Å². The van der Waals surface area contributed by atoms with E-state index in [4.69, 9.17) is 16.3 Å². The Kier molecular flexibility index (Phi) is 8.11. The van der Waals surface area contributed by atoms with Gasteiger partial charge in [0.2, 0.25) is 5.91 Å². The van der Waals surface area contributed by atoms with Crippen LogP contribution in [0.1, 0.15) is 51.6 Å². The van der Waals surface area contributed by atoms with Crippen LogP contribution in [0.3, 0.4) is 0 Å². The number of hydrogen-bond acceptors (Lipinski definition) is 5. The fourth-order valence-electron chi connectivity index (χ4n) is 5.40. The lowest BCUT2D eigenvalue weighted by atomic mass is 9.94. The van der Waals surface area contributed by atoms with E-state index in [0.717, 1.165) is 0 Å². The predicted octanol–water partition coefficient (Wildman–Crippen LogP) is 3.35. The average Bonchev–Trinajstić information content (AvgIpc) is 3.22. The van der Waals surface area contributed by atoms with Gasteiger partial charge >= 0.3 is 12.0 Å². The van der Waals surface area contributed by atoms with Gasteiger partial charge in [0.25, 0.3) is 5.91 Å². The molecule has 3 heterocycles. The highest BCUT2D eigenvalue weighted by atomic mass is 35.5. The summed E-state index contributed by atoms with van der Waals surface area (Å²) in [6.45, 7) is 7.20. The minimum absolute atomic E-state index is 0.125. The molecule has 0 aromatic heterocycles. The molecule has 2 atom stereocenters. The summed E-state index contributed by atoms with van der Waals surface area (Å²) >= 11 is 6.45. The molecule has 1 N–H and O–H groups in total. The second kappa shape index (κ2) is 11.1. The number of ether oxygens (including phenoxy) is 1. The van der Waals surface area contributed by atoms with Crippen LogP contribution in [0.4, 0.5) is 4.79 Å². The van der Waals surface area contributed by atoms with Gasteiger partial charge in [-0.3, -0.25) is 19.3 Å². The van der Waals surface area contributed by atoms with Gasteiger partial charge in [0, 0.05) is 25.2 Å². The van der Waals surface area contributed by atoms with E-state index in [9.17, 15) is 19.2 Å². The maximum absolute atomic E-state index is 13.9. The van der Waals surface area contributed by atoms with Gasteiger partial charge in [-0.25, -0.2) is 4.79 Å². The number of piperidine rings is 1. The monoisotopic (exact) mass is 530 g/mol. The van der Waals surface area contributed by atoms with Crippen molar-refractivity contribution < 1.29 is 23.9 Å². The Morgan fingerprint density at radius 1 is 1.16 bits per heavy atom. The minimum Gasteiger partial charge on any atom is -0.466 e. The van der Waals surface area contributed by atoms with Crippen LogP contribution in [0.15, 0.2) is 35.5 Å². The van der Waals surface area contributed by atoms with E-state index >= 15 is 0 Å². The van der Waals surface area contributed by atoms with Gasteiger partial charge in [0.1, 0.15) is 6.04 Å². The van der Waals surface area contributed by atoms with E-state index in [1.54, 1.807) is 42.0 Å². The Bertz CT molecular complexity index is 1110. The topological polar surface area (TPSA) is 99.3 Å². The van der Waals surface area contributed by atoms with Crippen LogP contribution in [-0.2, 0) is 19.1 Å². The standard InChI is InChI=1S/C27H35ClN4O5/c1-5-37-26(35)17-10-12-31(13-11-17)24(33)20(14-16(2)3)32-15-21-22(25(32)34)23(29-27(36)30(21)4)18-8-6-7-9-19(18)28/h6-9,16-17,20,23H,5,10-15H2,1-4H3,(H,29,36)/t20-,23-/m1/s1. The van der Waals surface area contributed by atoms with Crippen molar-refractivity contribution in [2.45, 2.75) is 52.1 Å². The number of carbonyl (C=O) groups excluding carboxylic acids is 4. The van der Waals surface area contributed by atoms with Gasteiger partial charge in [0.15, 0.2) is 0 Å². The Hall–Kier alpha value is -3.07. The Morgan fingerprint density at radius 3 is 2.46 bits per heavy atom. The van der Waals surface area contributed by atoms with Crippen LogP contribution in [0.5, 0.6) is 0 Å². The number of urea groups is 1. The number of nitrogens with zero attached hydrogens (tertiary/aromatic N) is 3. The molecule has 0 spiro atoms. The molecule has 0 saturated carbocycles. The van der Waals surface area contributed by atoms with Crippen LogP contribution in [0, 0.1) is 11.8 Å². The molecule has 0 aliphatic carbocycles. The second-order valence-electron chi connectivity index (χ2n) is 10.3. The number of amides is 4. The van der Waals surface area contributed by atoms with Crippen LogP contribution in [-0.4, -0.2) is 77.8 Å². The molecule has 0 bridgehead atoms. The quantitative estimate of drug-likeness (QED) is 0.545. The number of benzene rings is 1. The lowest BCUT2D eigenvalue weighted by molar-refractivity contribution is -0.152. The van der Waals surface area contributed by atoms with Crippen molar-refractivity contribution >= 4 is 35.4 Å². The highest BCUT2D eigenvalue weighted by Gasteiger charge is 2.47. The van der Waals surface area contributed by atoms with Crippen molar-refractivity contribution in [2.75, 3.05) is 33.3 Å². The highest BCUT2D eigenvalue weighted by Crippen LogP contribution is 2.39. The third kappa shape index (κ3) is 5.32. The molecule has 3 aliphatic heterocycles. The molecule has 1 aromatic carbocycles. The number of hydrogen-bond donors (Lipinski definition) is 1. The van der Waals surface area contributed by atoms with Gasteiger partial charge in [-0.05, 0) is 43.7 Å². The third-order valence-corrected chi connectivity index (χ3v) is 7.73. The van der Waals surface area contributed by atoms with Gasteiger partial charge in [-0.15, -0.1) is 0 Å². The summed E-state index contributed by atoms with van der Waals surface area (Å²) in [5, 5.41) is 3.36. The molecule has 4 amide bonds. The first-order valence-electron chi connectivity index (χ1n) is 12.9. The molecule has 37 heavy (non-hydrogen) atoms. The zero-order valence-electron chi connectivity index (χ0n) is 21.8. The fourth-order valence-corrected chi connectivity index (χ4v) is 5.64. The molecule has 1 fully saturated rings. The maximum Gasteiger partial charge on any atom is 0.322 e.